The van der Waals surface area contributed by atoms with Crippen molar-refractivity contribution in [3.8, 4) is 28.4 Å². The largest absolute Gasteiger partial charge is 0.508 e. The summed E-state index contributed by atoms with van der Waals surface area (Å²) in [6.07, 6.45) is 1.38. The van der Waals surface area contributed by atoms with Gasteiger partial charge in [0.25, 0.3) is 0 Å². The molecule has 0 unspecified atom stereocenters. The zero-order valence-corrected chi connectivity index (χ0v) is 17.7. The highest BCUT2D eigenvalue weighted by molar-refractivity contribution is 7.55. The van der Waals surface area contributed by atoms with Gasteiger partial charge >= 0.3 is 7.60 Å². The first-order valence-corrected chi connectivity index (χ1v) is 11.3. The van der Waals surface area contributed by atoms with Crippen molar-refractivity contribution in [3.05, 3.63) is 95.8 Å². The molecule has 4 aromatic carbocycles. The van der Waals surface area contributed by atoms with Crippen molar-refractivity contribution in [1.29, 1.82) is 0 Å². The summed E-state index contributed by atoms with van der Waals surface area (Å²) in [5, 5.41) is 11.7. The molecule has 156 valence electrons. The molecule has 0 aliphatic heterocycles. The molecule has 0 atom stereocenters. The third kappa shape index (κ3) is 4.86. The van der Waals surface area contributed by atoms with E-state index in [4.69, 9.17) is 14.5 Å². The Morgan fingerprint density at radius 2 is 1.61 bits per heavy atom. The number of fused-ring (bicyclic) bond motifs is 1. The predicted molar refractivity (Wildman–Crippen MR) is 123 cm³/mol. The van der Waals surface area contributed by atoms with Crippen LogP contribution in [0.2, 0.25) is 0 Å². The van der Waals surface area contributed by atoms with Crippen molar-refractivity contribution in [3.63, 3.8) is 0 Å². The molecule has 0 amide bonds. The first kappa shape index (κ1) is 20.9. The maximum atomic E-state index is 11.0. The molecule has 0 bridgehead atoms. The molecule has 0 radical (unpaired) electrons. The van der Waals surface area contributed by atoms with Crippen LogP contribution in [-0.4, -0.2) is 14.9 Å². The molecule has 4 aromatic rings. The second-order valence-electron chi connectivity index (χ2n) is 7.24. The van der Waals surface area contributed by atoms with Crippen LogP contribution < -0.4 is 4.74 Å². The smallest absolute Gasteiger partial charge is 0.349 e. The lowest BCUT2D eigenvalue weighted by Gasteiger charge is -2.17. The second-order valence-corrected chi connectivity index (χ2v) is 8.72. The summed E-state index contributed by atoms with van der Waals surface area (Å²) >= 11 is 0. The fraction of sp³-hybridized carbons (Fsp3) is 0.0400. The highest BCUT2D eigenvalue weighted by Crippen LogP contribution is 2.43. The molecular formula is C25H21O5P. The zero-order valence-electron chi connectivity index (χ0n) is 16.8. The third-order valence-corrected chi connectivity index (χ3v) is 5.43. The number of ether oxygens (including phenoxy) is 1. The van der Waals surface area contributed by atoms with E-state index < -0.39 is 7.60 Å². The minimum atomic E-state index is -4.21. The van der Waals surface area contributed by atoms with Gasteiger partial charge < -0.3 is 19.6 Å². The molecule has 0 saturated heterocycles. The maximum absolute atomic E-state index is 11.0. The van der Waals surface area contributed by atoms with Crippen molar-refractivity contribution < 1.29 is 24.2 Å². The Morgan fingerprint density at radius 1 is 0.903 bits per heavy atom. The van der Waals surface area contributed by atoms with Gasteiger partial charge in [-0.15, -0.1) is 0 Å². The van der Waals surface area contributed by atoms with Crippen LogP contribution >= 0.6 is 7.60 Å². The highest BCUT2D eigenvalue weighted by atomic mass is 31.2. The Morgan fingerprint density at radius 3 is 2.29 bits per heavy atom. The van der Waals surface area contributed by atoms with Crippen LogP contribution in [0, 0.1) is 6.92 Å². The zero-order chi connectivity index (χ0) is 22.0. The van der Waals surface area contributed by atoms with Gasteiger partial charge in [0.15, 0.2) is 0 Å². The minimum Gasteiger partial charge on any atom is -0.508 e. The number of benzene rings is 4. The first-order valence-electron chi connectivity index (χ1n) is 9.64. The average molecular weight is 432 g/mol. The number of aryl methyl sites for hydroxylation is 1. The topological polar surface area (TPSA) is 87.0 Å². The standard InChI is InChI=1S/C25H21O5P/c1-17-15-20-16-21(26)9-12-23(20)25(24(17)19-5-3-2-4-6-19)30-22-10-7-18(8-11-22)13-14-31(27,28)29/h2-16,26H,1H3,(H2,27,28,29). The van der Waals surface area contributed by atoms with Crippen LogP contribution in [0.5, 0.6) is 17.2 Å². The number of hydrogen-bond acceptors (Lipinski definition) is 3. The summed E-state index contributed by atoms with van der Waals surface area (Å²) in [5.74, 6) is 2.33. The normalized spacial score (nSPS) is 11.8. The number of hydrogen-bond donors (Lipinski definition) is 3. The van der Waals surface area contributed by atoms with E-state index in [0.717, 1.165) is 33.3 Å². The van der Waals surface area contributed by atoms with E-state index in [0.29, 0.717) is 17.1 Å². The SMILES string of the molecule is Cc1cc2cc(O)ccc2c(Oc2ccc(C=CP(=O)(O)O)cc2)c1-c1ccccc1. The quantitative estimate of drug-likeness (QED) is 0.315. The first-order chi connectivity index (χ1) is 14.8. The summed E-state index contributed by atoms with van der Waals surface area (Å²) < 4.78 is 17.4. The number of phenolic OH excluding ortho intramolecular Hbond substituents is 1. The van der Waals surface area contributed by atoms with Gasteiger partial charge in [-0.3, -0.25) is 4.57 Å². The highest BCUT2D eigenvalue weighted by Gasteiger charge is 2.16. The molecule has 4 rings (SSSR count). The fourth-order valence-corrected chi connectivity index (χ4v) is 3.88. The van der Waals surface area contributed by atoms with E-state index >= 15 is 0 Å². The Kier molecular flexibility index (Phi) is 5.66. The Labute approximate surface area is 180 Å². The van der Waals surface area contributed by atoms with Gasteiger partial charge in [0.2, 0.25) is 0 Å². The van der Waals surface area contributed by atoms with E-state index in [2.05, 4.69) is 0 Å². The van der Waals surface area contributed by atoms with Gasteiger partial charge in [-0.05, 0) is 65.4 Å². The van der Waals surface area contributed by atoms with Crippen LogP contribution in [-0.2, 0) is 4.57 Å². The van der Waals surface area contributed by atoms with E-state index in [1.165, 1.54) is 6.08 Å². The van der Waals surface area contributed by atoms with E-state index in [1.54, 1.807) is 36.4 Å². The van der Waals surface area contributed by atoms with Crippen LogP contribution in [0.4, 0.5) is 0 Å². The average Bonchev–Trinajstić information content (AvgIpc) is 2.73. The molecule has 0 spiro atoms. The lowest BCUT2D eigenvalue weighted by molar-refractivity contribution is 0.386. The summed E-state index contributed by atoms with van der Waals surface area (Å²) in [7, 11) is -4.21. The maximum Gasteiger partial charge on any atom is 0.349 e. The number of phenols is 1. The van der Waals surface area contributed by atoms with Crippen molar-refractivity contribution in [1.82, 2.24) is 0 Å². The molecule has 0 aliphatic rings. The molecule has 3 N–H and O–H groups in total. The van der Waals surface area contributed by atoms with Gasteiger partial charge in [-0.1, -0.05) is 48.5 Å². The van der Waals surface area contributed by atoms with E-state index in [1.807, 2.05) is 49.4 Å². The second kappa shape index (κ2) is 8.40. The molecule has 5 nitrogen and oxygen atoms in total. The van der Waals surface area contributed by atoms with Crippen molar-refractivity contribution >= 4 is 24.4 Å². The molecule has 0 aliphatic carbocycles. The summed E-state index contributed by atoms with van der Waals surface area (Å²) in [6, 6.07) is 24.1. The summed E-state index contributed by atoms with van der Waals surface area (Å²) in [4.78, 5) is 18.0. The van der Waals surface area contributed by atoms with Crippen LogP contribution in [0.3, 0.4) is 0 Å². The summed E-state index contributed by atoms with van der Waals surface area (Å²) in [5.41, 5.74) is 3.65. The molecular weight excluding hydrogens is 411 g/mol. The number of rotatable bonds is 5. The van der Waals surface area contributed by atoms with Crippen molar-refractivity contribution in [2.75, 3.05) is 0 Å². The predicted octanol–water partition coefficient (Wildman–Crippen LogP) is 6.46. The van der Waals surface area contributed by atoms with Crippen LogP contribution in [0.15, 0.2) is 84.7 Å². The van der Waals surface area contributed by atoms with Gasteiger partial charge in [-0.25, -0.2) is 0 Å². The van der Waals surface area contributed by atoms with Gasteiger partial charge in [0, 0.05) is 16.8 Å². The van der Waals surface area contributed by atoms with Gasteiger partial charge in [0.1, 0.15) is 17.2 Å². The van der Waals surface area contributed by atoms with Crippen molar-refractivity contribution in [2.45, 2.75) is 6.92 Å². The Balaban J connectivity index is 1.80. The molecule has 0 aromatic heterocycles. The van der Waals surface area contributed by atoms with Gasteiger partial charge in [-0.2, -0.15) is 0 Å². The molecule has 31 heavy (non-hydrogen) atoms. The lowest BCUT2D eigenvalue weighted by Crippen LogP contribution is -1.94. The Hall–Kier alpha value is -3.37. The van der Waals surface area contributed by atoms with Crippen molar-refractivity contribution in [2.24, 2.45) is 0 Å². The minimum absolute atomic E-state index is 0.187. The third-order valence-electron chi connectivity index (χ3n) is 4.90. The Bertz CT molecular complexity index is 1310. The van der Waals surface area contributed by atoms with Crippen LogP contribution in [0.1, 0.15) is 11.1 Å². The lowest BCUT2D eigenvalue weighted by atomic mass is 9.94. The number of aromatic hydroxyl groups is 1. The summed E-state index contributed by atoms with van der Waals surface area (Å²) in [6.45, 7) is 2.01. The van der Waals surface area contributed by atoms with Gasteiger partial charge in [0.05, 0.1) is 0 Å². The van der Waals surface area contributed by atoms with E-state index in [-0.39, 0.29) is 5.75 Å². The van der Waals surface area contributed by atoms with E-state index in [9.17, 15) is 9.67 Å². The monoisotopic (exact) mass is 432 g/mol. The van der Waals surface area contributed by atoms with Crippen LogP contribution in [0.25, 0.3) is 28.0 Å². The molecule has 6 heteroatoms. The molecule has 0 heterocycles. The molecule has 0 fully saturated rings. The fourth-order valence-electron chi connectivity index (χ4n) is 3.51. The molecule has 0 saturated carbocycles.